The molecule has 29 heavy (non-hydrogen) atoms. The molecule has 1 atom stereocenters. The smallest absolute Gasteiger partial charge is 0.247 e. The van der Waals surface area contributed by atoms with E-state index in [-0.39, 0.29) is 6.10 Å². The summed E-state index contributed by atoms with van der Waals surface area (Å²) in [7, 11) is -3.70. The normalized spacial score (nSPS) is 12.3. The summed E-state index contributed by atoms with van der Waals surface area (Å²) in [4.78, 5) is 12.8. The number of ether oxygens (including phenoxy) is 2. The molecule has 0 radical (unpaired) electrons. The highest BCUT2D eigenvalue weighted by atomic mass is 32.2. The molecule has 158 valence electrons. The Morgan fingerprint density at radius 1 is 1.07 bits per heavy atom. The number of nitrogens with one attached hydrogen (secondary N) is 1. The Kier molecular flexibility index (Phi) is 7.50. The van der Waals surface area contributed by atoms with Gasteiger partial charge in [0, 0.05) is 11.8 Å². The number of rotatable bonds is 9. The Balaban J connectivity index is 2.23. The van der Waals surface area contributed by atoms with Crippen molar-refractivity contribution in [1.29, 1.82) is 0 Å². The molecule has 0 saturated heterocycles. The van der Waals surface area contributed by atoms with E-state index in [1.807, 2.05) is 20.8 Å². The standard InChI is InChI=1S/C21H28N2O5S/c1-6-27-19-12-10-18(11-13-19)23(29(5,25)26)16(4)21(24)22-17-8-7-9-20(14-17)28-15(2)3/h7-16H,6H2,1-5H3,(H,22,24)/t16-/m0/s1. The van der Waals surface area contributed by atoms with Crippen molar-refractivity contribution < 1.29 is 22.7 Å². The van der Waals surface area contributed by atoms with Crippen LogP contribution in [0.15, 0.2) is 48.5 Å². The van der Waals surface area contributed by atoms with Gasteiger partial charge in [-0.2, -0.15) is 0 Å². The zero-order valence-corrected chi connectivity index (χ0v) is 18.2. The summed E-state index contributed by atoms with van der Waals surface area (Å²) in [5.74, 6) is 0.798. The fourth-order valence-electron chi connectivity index (χ4n) is 2.83. The summed E-state index contributed by atoms with van der Waals surface area (Å²) in [5.41, 5.74) is 0.913. The van der Waals surface area contributed by atoms with E-state index in [1.165, 1.54) is 0 Å². The molecule has 0 aromatic heterocycles. The lowest BCUT2D eigenvalue weighted by molar-refractivity contribution is -0.116. The third-order valence-electron chi connectivity index (χ3n) is 3.96. The van der Waals surface area contributed by atoms with E-state index < -0.39 is 22.0 Å². The number of hydrogen-bond donors (Lipinski definition) is 1. The molecule has 0 aliphatic carbocycles. The fourth-order valence-corrected chi connectivity index (χ4v) is 4.01. The summed E-state index contributed by atoms with van der Waals surface area (Å²) >= 11 is 0. The first kappa shape index (κ1) is 22.5. The highest BCUT2D eigenvalue weighted by Crippen LogP contribution is 2.25. The van der Waals surface area contributed by atoms with Crippen LogP contribution in [-0.4, -0.2) is 39.3 Å². The maximum Gasteiger partial charge on any atom is 0.247 e. The van der Waals surface area contributed by atoms with Gasteiger partial charge >= 0.3 is 0 Å². The Bertz CT molecular complexity index is 926. The van der Waals surface area contributed by atoms with E-state index >= 15 is 0 Å². The zero-order chi connectivity index (χ0) is 21.6. The molecule has 8 heteroatoms. The molecule has 2 aromatic carbocycles. The minimum absolute atomic E-state index is 0.000241. The predicted octanol–water partition coefficient (Wildman–Crippen LogP) is 3.67. The van der Waals surface area contributed by atoms with Gasteiger partial charge in [-0.15, -0.1) is 0 Å². The number of sulfonamides is 1. The molecule has 2 aromatic rings. The van der Waals surface area contributed by atoms with Gasteiger partial charge in [-0.3, -0.25) is 9.10 Å². The molecule has 0 saturated carbocycles. The third kappa shape index (κ3) is 6.39. The van der Waals surface area contributed by atoms with Crippen molar-refractivity contribution in [3.8, 4) is 11.5 Å². The van der Waals surface area contributed by atoms with E-state index in [4.69, 9.17) is 9.47 Å². The second-order valence-electron chi connectivity index (χ2n) is 6.85. The summed E-state index contributed by atoms with van der Waals surface area (Å²) in [6.07, 6.45) is 1.07. The van der Waals surface area contributed by atoms with Crippen LogP contribution in [0.4, 0.5) is 11.4 Å². The second kappa shape index (κ2) is 9.65. The first-order chi connectivity index (χ1) is 13.6. The summed E-state index contributed by atoms with van der Waals surface area (Å²) < 4.78 is 36.9. The van der Waals surface area contributed by atoms with Crippen molar-refractivity contribution in [1.82, 2.24) is 0 Å². The van der Waals surface area contributed by atoms with Crippen LogP contribution in [-0.2, 0) is 14.8 Å². The van der Waals surface area contributed by atoms with Crippen LogP contribution in [0.5, 0.6) is 11.5 Å². The first-order valence-corrected chi connectivity index (χ1v) is 11.3. The topological polar surface area (TPSA) is 84.9 Å². The monoisotopic (exact) mass is 420 g/mol. The number of nitrogens with zero attached hydrogens (tertiary/aromatic N) is 1. The van der Waals surface area contributed by atoms with E-state index in [1.54, 1.807) is 55.5 Å². The van der Waals surface area contributed by atoms with Crippen molar-refractivity contribution >= 4 is 27.3 Å². The average molecular weight is 421 g/mol. The van der Waals surface area contributed by atoms with Crippen LogP contribution in [0, 0.1) is 0 Å². The van der Waals surface area contributed by atoms with Gasteiger partial charge in [0.1, 0.15) is 17.5 Å². The lowest BCUT2D eigenvalue weighted by Gasteiger charge is -2.28. The lowest BCUT2D eigenvalue weighted by Crippen LogP contribution is -2.45. The molecule has 0 aliphatic heterocycles. The molecule has 0 fully saturated rings. The van der Waals surface area contributed by atoms with Crippen LogP contribution in [0.25, 0.3) is 0 Å². The summed E-state index contributed by atoms with van der Waals surface area (Å²) in [6.45, 7) is 7.74. The van der Waals surface area contributed by atoms with Crippen LogP contribution in [0.3, 0.4) is 0 Å². The molecule has 1 N–H and O–H groups in total. The molecule has 1 amide bonds. The van der Waals surface area contributed by atoms with Gasteiger partial charge in [0.05, 0.1) is 24.7 Å². The summed E-state index contributed by atoms with van der Waals surface area (Å²) in [6, 6.07) is 12.6. The minimum Gasteiger partial charge on any atom is -0.494 e. The molecule has 0 spiro atoms. The number of anilines is 2. The largest absolute Gasteiger partial charge is 0.494 e. The van der Waals surface area contributed by atoms with E-state index in [0.29, 0.717) is 29.5 Å². The third-order valence-corrected chi connectivity index (χ3v) is 5.21. The van der Waals surface area contributed by atoms with Gasteiger partial charge in [0.2, 0.25) is 15.9 Å². The van der Waals surface area contributed by atoms with Crippen LogP contribution in [0.1, 0.15) is 27.7 Å². The number of benzene rings is 2. The van der Waals surface area contributed by atoms with Crippen LogP contribution in [0.2, 0.25) is 0 Å². The molecule has 0 aliphatic rings. The van der Waals surface area contributed by atoms with Crippen molar-refractivity contribution in [3.05, 3.63) is 48.5 Å². The van der Waals surface area contributed by atoms with Crippen LogP contribution >= 0.6 is 0 Å². The highest BCUT2D eigenvalue weighted by Gasteiger charge is 2.29. The number of hydrogen-bond acceptors (Lipinski definition) is 5. The van der Waals surface area contributed by atoms with Crippen molar-refractivity contribution in [3.63, 3.8) is 0 Å². The molecule has 0 unspecified atom stereocenters. The molecule has 0 heterocycles. The number of carbonyl (C=O) groups excluding carboxylic acids is 1. The van der Waals surface area contributed by atoms with Crippen molar-refractivity contribution in [2.75, 3.05) is 22.5 Å². The van der Waals surface area contributed by atoms with E-state index in [2.05, 4.69) is 5.32 Å². The maximum absolute atomic E-state index is 12.8. The Morgan fingerprint density at radius 3 is 2.28 bits per heavy atom. The SMILES string of the molecule is CCOc1ccc(N([C@@H](C)C(=O)Nc2cccc(OC(C)C)c2)S(C)(=O)=O)cc1. The Hall–Kier alpha value is -2.74. The van der Waals surface area contributed by atoms with Gasteiger partial charge in [-0.25, -0.2) is 8.42 Å². The fraction of sp³-hybridized carbons (Fsp3) is 0.381. The maximum atomic E-state index is 12.8. The van der Waals surface area contributed by atoms with E-state index in [9.17, 15) is 13.2 Å². The van der Waals surface area contributed by atoms with Gasteiger partial charge in [-0.1, -0.05) is 6.07 Å². The lowest BCUT2D eigenvalue weighted by atomic mass is 10.2. The number of amides is 1. The molecule has 0 bridgehead atoms. The molecule has 2 rings (SSSR count). The van der Waals surface area contributed by atoms with Gasteiger partial charge in [0.15, 0.2) is 0 Å². The summed E-state index contributed by atoms with van der Waals surface area (Å²) in [5, 5.41) is 2.76. The second-order valence-corrected chi connectivity index (χ2v) is 8.70. The first-order valence-electron chi connectivity index (χ1n) is 9.41. The quantitative estimate of drug-likeness (QED) is 0.669. The molecular formula is C21H28N2O5S. The number of carbonyl (C=O) groups is 1. The zero-order valence-electron chi connectivity index (χ0n) is 17.4. The predicted molar refractivity (Wildman–Crippen MR) is 115 cm³/mol. The van der Waals surface area contributed by atoms with Gasteiger partial charge < -0.3 is 14.8 Å². The van der Waals surface area contributed by atoms with Gasteiger partial charge in [0.25, 0.3) is 0 Å². The molecular weight excluding hydrogens is 392 g/mol. The van der Waals surface area contributed by atoms with Crippen molar-refractivity contribution in [2.24, 2.45) is 0 Å². The van der Waals surface area contributed by atoms with Crippen molar-refractivity contribution in [2.45, 2.75) is 39.8 Å². The van der Waals surface area contributed by atoms with Gasteiger partial charge in [-0.05, 0) is 64.1 Å². The Morgan fingerprint density at radius 2 is 1.72 bits per heavy atom. The van der Waals surface area contributed by atoms with E-state index in [0.717, 1.165) is 10.6 Å². The Labute approximate surface area is 172 Å². The highest BCUT2D eigenvalue weighted by molar-refractivity contribution is 7.92. The minimum atomic E-state index is -3.70. The average Bonchev–Trinajstić information content (AvgIpc) is 2.62. The molecule has 7 nitrogen and oxygen atoms in total. The van der Waals surface area contributed by atoms with Crippen LogP contribution < -0.4 is 19.1 Å².